The Bertz CT molecular complexity index is 773. The molecule has 0 spiro atoms. The summed E-state index contributed by atoms with van der Waals surface area (Å²) in [5.74, 6) is 0.951. The molecule has 3 aromatic rings. The van der Waals surface area contributed by atoms with Gasteiger partial charge in [-0.3, -0.25) is 4.79 Å². The summed E-state index contributed by atoms with van der Waals surface area (Å²) in [6.07, 6.45) is 1.54. The minimum atomic E-state index is -0.109. The van der Waals surface area contributed by atoms with E-state index in [1.54, 1.807) is 18.2 Å². The molecule has 0 atom stereocenters. The van der Waals surface area contributed by atoms with E-state index >= 15 is 0 Å². The van der Waals surface area contributed by atoms with Crippen molar-refractivity contribution in [3.05, 3.63) is 55.8 Å². The van der Waals surface area contributed by atoms with Crippen molar-refractivity contribution in [2.45, 2.75) is 0 Å². The smallest absolute Gasteiger partial charge is 0.194 e. The van der Waals surface area contributed by atoms with E-state index < -0.39 is 0 Å². The Morgan fingerprint density at radius 3 is 2.61 bits per heavy atom. The van der Waals surface area contributed by atoms with Gasteiger partial charge in [-0.15, -0.1) is 0 Å². The van der Waals surface area contributed by atoms with Crippen molar-refractivity contribution in [3.8, 4) is 11.5 Å². The first kappa shape index (κ1) is 11.7. The average molecular weight is 370 g/mol. The SMILES string of the molecule is O=c1cc(-c2ccco2)oc2cc(Br)cc(Br)c12. The molecule has 18 heavy (non-hydrogen) atoms. The molecule has 2 heterocycles. The van der Waals surface area contributed by atoms with Crippen LogP contribution in [0.15, 0.2) is 59.2 Å². The molecule has 0 saturated carbocycles. The van der Waals surface area contributed by atoms with Gasteiger partial charge in [0.1, 0.15) is 5.58 Å². The fourth-order valence-corrected chi connectivity index (χ4v) is 3.13. The van der Waals surface area contributed by atoms with Crippen LogP contribution >= 0.6 is 31.9 Å². The highest BCUT2D eigenvalue weighted by Crippen LogP contribution is 2.29. The van der Waals surface area contributed by atoms with Crippen LogP contribution in [0.3, 0.4) is 0 Å². The van der Waals surface area contributed by atoms with Gasteiger partial charge in [-0.1, -0.05) is 15.9 Å². The fourth-order valence-electron chi connectivity index (χ4n) is 1.75. The van der Waals surface area contributed by atoms with Gasteiger partial charge in [0.05, 0.1) is 11.6 Å². The molecule has 0 radical (unpaired) electrons. The molecule has 90 valence electrons. The highest BCUT2D eigenvalue weighted by atomic mass is 79.9. The van der Waals surface area contributed by atoms with E-state index in [-0.39, 0.29) is 5.43 Å². The molecule has 0 bridgehead atoms. The number of fused-ring (bicyclic) bond motifs is 1. The summed E-state index contributed by atoms with van der Waals surface area (Å²) in [5.41, 5.74) is 0.400. The zero-order valence-electron chi connectivity index (χ0n) is 8.94. The van der Waals surface area contributed by atoms with Crippen LogP contribution < -0.4 is 5.43 Å². The van der Waals surface area contributed by atoms with Crippen molar-refractivity contribution in [1.82, 2.24) is 0 Å². The predicted molar refractivity (Wildman–Crippen MR) is 75.6 cm³/mol. The largest absolute Gasteiger partial charge is 0.461 e. The zero-order chi connectivity index (χ0) is 12.7. The molecule has 2 aromatic heterocycles. The Hall–Kier alpha value is -1.33. The molecule has 0 aliphatic carbocycles. The van der Waals surface area contributed by atoms with Gasteiger partial charge in [0.2, 0.25) is 0 Å². The predicted octanol–water partition coefficient (Wildman–Crippen LogP) is 4.58. The van der Waals surface area contributed by atoms with Crippen LogP contribution in [-0.2, 0) is 0 Å². The number of hydrogen-bond acceptors (Lipinski definition) is 3. The van der Waals surface area contributed by atoms with Gasteiger partial charge in [0.25, 0.3) is 0 Å². The summed E-state index contributed by atoms with van der Waals surface area (Å²) >= 11 is 6.72. The van der Waals surface area contributed by atoms with Crippen LogP contribution in [0.5, 0.6) is 0 Å². The van der Waals surface area contributed by atoms with Crippen molar-refractivity contribution in [2.75, 3.05) is 0 Å². The first-order chi connectivity index (χ1) is 8.65. The first-order valence-corrected chi connectivity index (χ1v) is 6.70. The summed E-state index contributed by atoms with van der Waals surface area (Å²) in [7, 11) is 0. The molecule has 3 rings (SSSR count). The van der Waals surface area contributed by atoms with Crippen LogP contribution in [0.1, 0.15) is 0 Å². The number of benzene rings is 1. The Morgan fingerprint density at radius 1 is 1.06 bits per heavy atom. The molecule has 0 unspecified atom stereocenters. The molecule has 0 aliphatic heterocycles. The molecule has 0 aliphatic rings. The molecule has 0 amide bonds. The van der Waals surface area contributed by atoms with Crippen molar-refractivity contribution in [2.24, 2.45) is 0 Å². The lowest BCUT2D eigenvalue weighted by atomic mass is 10.2. The van der Waals surface area contributed by atoms with Gasteiger partial charge in [-0.05, 0) is 40.2 Å². The van der Waals surface area contributed by atoms with Crippen LogP contribution in [0.4, 0.5) is 0 Å². The van der Waals surface area contributed by atoms with E-state index in [2.05, 4.69) is 31.9 Å². The van der Waals surface area contributed by atoms with Crippen LogP contribution in [-0.4, -0.2) is 0 Å². The van der Waals surface area contributed by atoms with Crippen LogP contribution in [0.2, 0.25) is 0 Å². The Morgan fingerprint density at radius 2 is 1.89 bits per heavy atom. The summed E-state index contributed by atoms with van der Waals surface area (Å²) in [5, 5.41) is 0.522. The minimum absolute atomic E-state index is 0.109. The van der Waals surface area contributed by atoms with Crippen LogP contribution in [0.25, 0.3) is 22.5 Å². The minimum Gasteiger partial charge on any atom is -0.461 e. The number of rotatable bonds is 1. The number of halogens is 2. The quantitative estimate of drug-likeness (QED) is 0.630. The molecule has 1 aromatic carbocycles. The summed E-state index contributed by atoms with van der Waals surface area (Å²) in [6.45, 7) is 0. The van der Waals surface area contributed by atoms with E-state index in [1.165, 1.54) is 12.3 Å². The summed E-state index contributed by atoms with van der Waals surface area (Å²) in [6, 6.07) is 8.49. The lowest BCUT2D eigenvalue weighted by molar-refractivity contribution is 0.537. The third kappa shape index (κ3) is 1.93. The van der Waals surface area contributed by atoms with Gasteiger partial charge < -0.3 is 8.83 Å². The highest BCUT2D eigenvalue weighted by molar-refractivity contribution is 9.11. The van der Waals surface area contributed by atoms with E-state index in [4.69, 9.17) is 8.83 Å². The fraction of sp³-hybridized carbons (Fsp3) is 0. The second-order valence-electron chi connectivity index (χ2n) is 3.71. The van der Waals surface area contributed by atoms with Crippen molar-refractivity contribution in [3.63, 3.8) is 0 Å². The van der Waals surface area contributed by atoms with Gasteiger partial charge in [0, 0.05) is 15.0 Å². The third-order valence-corrected chi connectivity index (χ3v) is 3.59. The van der Waals surface area contributed by atoms with Gasteiger partial charge in [-0.2, -0.15) is 0 Å². The Kier molecular flexibility index (Phi) is 2.87. The molecule has 5 heteroatoms. The van der Waals surface area contributed by atoms with E-state index in [9.17, 15) is 4.79 Å². The molecule has 3 nitrogen and oxygen atoms in total. The first-order valence-electron chi connectivity index (χ1n) is 5.12. The second kappa shape index (κ2) is 4.40. The zero-order valence-corrected chi connectivity index (χ0v) is 12.1. The Balaban J connectivity index is 2.37. The maximum absolute atomic E-state index is 12.1. The van der Waals surface area contributed by atoms with Gasteiger partial charge >= 0.3 is 0 Å². The number of furan rings is 1. The van der Waals surface area contributed by atoms with E-state index in [0.717, 1.165) is 4.47 Å². The maximum atomic E-state index is 12.1. The molecular weight excluding hydrogens is 364 g/mol. The molecule has 0 fully saturated rings. The van der Waals surface area contributed by atoms with Crippen molar-refractivity contribution in [1.29, 1.82) is 0 Å². The standard InChI is InChI=1S/C13H6Br2O3/c14-7-4-8(15)13-9(16)6-11(18-12(13)5-7)10-2-1-3-17-10/h1-6H. The monoisotopic (exact) mass is 368 g/mol. The molecular formula is C13H6Br2O3. The van der Waals surface area contributed by atoms with Gasteiger partial charge in [-0.25, -0.2) is 0 Å². The highest BCUT2D eigenvalue weighted by Gasteiger charge is 2.11. The Labute approximate surface area is 119 Å². The van der Waals surface area contributed by atoms with E-state index in [1.807, 2.05) is 6.07 Å². The average Bonchev–Trinajstić information content (AvgIpc) is 2.80. The summed E-state index contributed by atoms with van der Waals surface area (Å²) in [4.78, 5) is 12.1. The topological polar surface area (TPSA) is 43.4 Å². The number of hydrogen-bond donors (Lipinski definition) is 0. The maximum Gasteiger partial charge on any atom is 0.194 e. The van der Waals surface area contributed by atoms with Gasteiger partial charge in [0.15, 0.2) is 16.9 Å². The lowest BCUT2D eigenvalue weighted by Crippen LogP contribution is -2.01. The normalized spacial score (nSPS) is 11.0. The lowest BCUT2D eigenvalue weighted by Gasteiger charge is -2.03. The third-order valence-electron chi connectivity index (χ3n) is 2.51. The molecule has 0 N–H and O–H groups in total. The molecule has 0 saturated heterocycles. The summed E-state index contributed by atoms with van der Waals surface area (Å²) < 4.78 is 12.5. The van der Waals surface area contributed by atoms with Crippen LogP contribution in [0, 0.1) is 0 Å². The van der Waals surface area contributed by atoms with E-state index in [0.29, 0.717) is 27.0 Å². The van der Waals surface area contributed by atoms with Crippen molar-refractivity contribution < 1.29 is 8.83 Å². The van der Waals surface area contributed by atoms with Crippen molar-refractivity contribution >= 4 is 42.8 Å². The second-order valence-corrected chi connectivity index (χ2v) is 5.48.